The molecule has 0 spiro atoms. The van der Waals surface area contributed by atoms with Crippen molar-refractivity contribution in [1.82, 2.24) is 4.90 Å². The number of halogens is 2. The third-order valence-corrected chi connectivity index (χ3v) is 2.10. The van der Waals surface area contributed by atoms with E-state index in [1.165, 1.54) is 6.20 Å². The van der Waals surface area contributed by atoms with Crippen molar-refractivity contribution in [2.45, 2.75) is 18.7 Å². The second-order valence-corrected chi connectivity index (χ2v) is 3.64. The summed E-state index contributed by atoms with van der Waals surface area (Å²) in [5.41, 5.74) is -0.0105. The first-order valence-electron chi connectivity index (χ1n) is 4.25. The number of allylic oxidation sites excluding steroid dienone is 1. The van der Waals surface area contributed by atoms with Gasteiger partial charge in [0, 0.05) is 19.3 Å². The van der Waals surface area contributed by atoms with E-state index in [0.29, 0.717) is 0 Å². The van der Waals surface area contributed by atoms with Crippen molar-refractivity contribution in [3.8, 4) is 6.07 Å². The van der Waals surface area contributed by atoms with Crippen LogP contribution in [0.15, 0.2) is 11.8 Å². The van der Waals surface area contributed by atoms with Gasteiger partial charge < -0.3 is 4.90 Å². The van der Waals surface area contributed by atoms with Crippen LogP contribution < -0.4 is 0 Å². The maximum Gasteiger partial charge on any atom is 0.207 e. The predicted octanol–water partition coefficient (Wildman–Crippen LogP) is 2.11. The van der Waals surface area contributed by atoms with Crippen molar-refractivity contribution >= 4 is 29.0 Å². The highest BCUT2D eigenvalue weighted by Crippen LogP contribution is 2.10. The largest absolute Gasteiger partial charge is 0.377 e. The molecule has 0 fully saturated rings. The first-order valence-corrected chi connectivity index (χ1v) is 5.12. The number of hydrogen-bond donors (Lipinski definition) is 0. The molecule has 0 amide bonds. The van der Waals surface area contributed by atoms with E-state index in [1.807, 2.05) is 18.7 Å². The Bertz CT molecular complexity index is 264. The number of alkyl halides is 2. The van der Waals surface area contributed by atoms with E-state index in [-0.39, 0.29) is 5.57 Å². The van der Waals surface area contributed by atoms with E-state index in [0.717, 1.165) is 13.1 Å². The summed E-state index contributed by atoms with van der Waals surface area (Å²) in [6.07, 6.45) is 1.49. The van der Waals surface area contributed by atoms with E-state index in [4.69, 9.17) is 28.5 Å². The lowest BCUT2D eigenvalue weighted by molar-refractivity contribution is -0.113. The predicted molar refractivity (Wildman–Crippen MR) is 57.1 cm³/mol. The molecule has 0 heterocycles. The van der Waals surface area contributed by atoms with Gasteiger partial charge in [-0.05, 0) is 13.8 Å². The topological polar surface area (TPSA) is 44.1 Å². The highest BCUT2D eigenvalue weighted by atomic mass is 35.5. The lowest BCUT2D eigenvalue weighted by Crippen LogP contribution is -2.19. The Hall–Kier alpha value is -0.720. The fraction of sp³-hybridized carbons (Fsp3) is 0.556. The molecule has 0 bridgehead atoms. The lowest BCUT2D eigenvalue weighted by Gasteiger charge is -2.15. The first kappa shape index (κ1) is 13.3. The van der Waals surface area contributed by atoms with Gasteiger partial charge in [-0.15, -0.1) is 0 Å². The molecular weight excluding hydrogens is 223 g/mol. The highest BCUT2D eigenvalue weighted by Gasteiger charge is 2.17. The molecule has 0 aliphatic heterocycles. The van der Waals surface area contributed by atoms with Crippen molar-refractivity contribution in [2.75, 3.05) is 13.1 Å². The minimum atomic E-state index is -1.17. The Morgan fingerprint density at radius 1 is 1.50 bits per heavy atom. The molecule has 0 rings (SSSR count). The smallest absolute Gasteiger partial charge is 0.207 e. The van der Waals surface area contributed by atoms with Gasteiger partial charge >= 0.3 is 0 Å². The molecule has 0 N–H and O–H groups in total. The molecular formula is C9H12Cl2N2O. The summed E-state index contributed by atoms with van der Waals surface area (Å²) < 4.78 is 0. The summed E-state index contributed by atoms with van der Waals surface area (Å²) in [7, 11) is 0. The molecule has 5 heteroatoms. The van der Waals surface area contributed by atoms with Gasteiger partial charge in [-0.3, -0.25) is 4.79 Å². The zero-order valence-electron chi connectivity index (χ0n) is 8.13. The van der Waals surface area contributed by atoms with Crippen LogP contribution in [0.5, 0.6) is 0 Å². The number of carbonyl (C=O) groups excluding carboxylic acids is 1. The summed E-state index contributed by atoms with van der Waals surface area (Å²) in [6, 6.07) is 1.78. The van der Waals surface area contributed by atoms with Gasteiger partial charge in [0.15, 0.2) is 4.84 Å². The SMILES string of the molecule is CCN(C=C(C#N)C(=O)C(Cl)Cl)CC. The van der Waals surface area contributed by atoms with Crippen LogP contribution in [0.25, 0.3) is 0 Å². The molecule has 0 aromatic rings. The maximum absolute atomic E-state index is 11.3. The van der Waals surface area contributed by atoms with Crippen molar-refractivity contribution < 1.29 is 4.79 Å². The third kappa shape index (κ3) is 3.99. The summed E-state index contributed by atoms with van der Waals surface area (Å²) in [4.78, 5) is 11.9. The van der Waals surface area contributed by atoms with Gasteiger partial charge in [-0.1, -0.05) is 23.2 Å². The summed E-state index contributed by atoms with van der Waals surface area (Å²) in [5, 5.41) is 8.70. The Morgan fingerprint density at radius 3 is 2.29 bits per heavy atom. The highest BCUT2D eigenvalue weighted by molar-refractivity contribution is 6.55. The Kier molecular flexibility index (Phi) is 6.35. The fourth-order valence-electron chi connectivity index (χ4n) is 0.854. The fourth-order valence-corrected chi connectivity index (χ4v) is 1.09. The second kappa shape index (κ2) is 6.69. The van der Waals surface area contributed by atoms with Crippen molar-refractivity contribution in [1.29, 1.82) is 5.26 Å². The van der Waals surface area contributed by atoms with Crippen LogP contribution in [0.2, 0.25) is 0 Å². The standard InChI is InChI=1S/C9H12Cl2N2O/c1-3-13(4-2)6-7(5-12)8(14)9(10)11/h6,9H,3-4H2,1-2H3. The molecule has 0 saturated carbocycles. The summed E-state index contributed by atoms with van der Waals surface area (Å²) >= 11 is 10.8. The van der Waals surface area contributed by atoms with E-state index in [9.17, 15) is 4.79 Å². The van der Waals surface area contributed by atoms with E-state index < -0.39 is 10.6 Å². The molecule has 0 unspecified atom stereocenters. The molecule has 0 aromatic heterocycles. The van der Waals surface area contributed by atoms with Crippen LogP contribution in [0.1, 0.15) is 13.8 Å². The molecule has 0 radical (unpaired) electrons. The average molecular weight is 235 g/mol. The van der Waals surface area contributed by atoms with Gasteiger partial charge in [0.25, 0.3) is 0 Å². The molecule has 3 nitrogen and oxygen atoms in total. The van der Waals surface area contributed by atoms with Crippen molar-refractivity contribution in [3.63, 3.8) is 0 Å². The van der Waals surface area contributed by atoms with Crippen molar-refractivity contribution in [2.24, 2.45) is 0 Å². The molecule has 0 aliphatic rings. The Labute approximate surface area is 93.9 Å². The molecule has 14 heavy (non-hydrogen) atoms. The van der Waals surface area contributed by atoms with Gasteiger partial charge in [0.05, 0.1) is 0 Å². The molecule has 78 valence electrons. The average Bonchev–Trinajstić information content (AvgIpc) is 2.19. The van der Waals surface area contributed by atoms with E-state index in [1.54, 1.807) is 6.07 Å². The van der Waals surface area contributed by atoms with Gasteiger partial charge in [-0.25, -0.2) is 0 Å². The minimum absolute atomic E-state index is 0.0105. The second-order valence-electron chi connectivity index (χ2n) is 2.54. The quantitative estimate of drug-likeness (QED) is 0.416. The van der Waals surface area contributed by atoms with Gasteiger partial charge in [-0.2, -0.15) is 5.26 Å². The zero-order valence-corrected chi connectivity index (χ0v) is 9.64. The van der Waals surface area contributed by atoms with Crippen LogP contribution in [0.4, 0.5) is 0 Å². The van der Waals surface area contributed by atoms with Gasteiger partial charge in [0.1, 0.15) is 11.6 Å². The molecule has 0 saturated heterocycles. The number of rotatable bonds is 5. The number of nitrogens with zero attached hydrogens (tertiary/aromatic N) is 2. The Balaban J connectivity index is 4.72. The number of Topliss-reactive ketones (excluding diaryl/α,β-unsaturated/α-hetero) is 1. The summed E-state index contributed by atoms with van der Waals surface area (Å²) in [6.45, 7) is 5.31. The minimum Gasteiger partial charge on any atom is -0.377 e. The number of carbonyl (C=O) groups is 1. The van der Waals surface area contributed by atoms with Crippen molar-refractivity contribution in [3.05, 3.63) is 11.8 Å². The zero-order chi connectivity index (χ0) is 11.1. The number of hydrogen-bond acceptors (Lipinski definition) is 3. The molecule has 0 aliphatic carbocycles. The lowest BCUT2D eigenvalue weighted by atomic mass is 10.2. The monoisotopic (exact) mass is 234 g/mol. The number of ketones is 1. The van der Waals surface area contributed by atoms with E-state index in [2.05, 4.69) is 0 Å². The first-order chi connectivity index (χ1) is 6.56. The van der Waals surface area contributed by atoms with Crippen LogP contribution in [-0.4, -0.2) is 28.6 Å². The van der Waals surface area contributed by atoms with Gasteiger partial charge in [0.2, 0.25) is 5.78 Å². The normalized spacial score (nSPS) is 11.3. The summed E-state index contributed by atoms with van der Waals surface area (Å²) in [5.74, 6) is -0.553. The van der Waals surface area contributed by atoms with Crippen LogP contribution >= 0.6 is 23.2 Å². The third-order valence-electron chi connectivity index (χ3n) is 1.71. The Morgan fingerprint density at radius 2 is 2.00 bits per heavy atom. The van der Waals surface area contributed by atoms with Crippen LogP contribution in [-0.2, 0) is 4.79 Å². The molecule has 0 atom stereocenters. The molecule has 0 aromatic carbocycles. The van der Waals surface area contributed by atoms with E-state index >= 15 is 0 Å². The maximum atomic E-state index is 11.3. The number of nitriles is 1. The van der Waals surface area contributed by atoms with Crippen LogP contribution in [0.3, 0.4) is 0 Å². The van der Waals surface area contributed by atoms with Crippen LogP contribution in [0, 0.1) is 11.3 Å².